The molecule has 0 saturated heterocycles. The highest BCUT2D eigenvalue weighted by atomic mass is 32.1. The molecule has 0 aliphatic carbocycles. The summed E-state index contributed by atoms with van der Waals surface area (Å²) in [5.74, 6) is 0.792. The molecule has 2 nitrogen and oxygen atoms in total. The zero-order chi connectivity index (χ0) is 5.98. The van der Waals surface area contributed by atoms with Gasteiger partial charge in [-0.05, 0) is 6.92 Å². The molecular formula is C5H6N2S. The fourth-order valence-electron chi connectivity index (χ4n) is 0.458. The van der Waals surface area contributed by atoms with Gasteiger partial charge in [-0.1, -0.05) is 12.2 Å². The molecule has 0 aromatic carbocycles. The van der Waals surface area contributed by atoms with E-state index in [2.05, 4.69) is 9.97 Å². The Bertz CT molecular complexity index is 178. The van der Waals surface area contributed by atoms with Crippen molar-refractivity contribution in [3.8, 4) is 0 Å². The molecular weight excluding hydrogens is 120 g/mol. The third-order valence-electron chi connectivity index (χ3n) is 0.832. The minimum Gasteiger partial charge on any atom is -0.344 e. The molecule has 1 aromatic heterocycles. The van der Waals surface area contributed by atoms with E-state index in [1.54, 1.807) is 12.4 Å². The average Bonchev–Trinajstić information content (AvgIpc) is 2.12. The van der Waals surface area contributed by atoms with E-state index in [0.29, 0.717) is 0 Å². The fourth-order valence-corrected chi connectivity index (χ4v) is 0.569. The molecule has 8 heavy (non-hydrogen) atoms. The number of aromatic amines is 1. The summed E-state index contributed by atoms with van der Waals surface area (Å²) in [6.45, 7) is 1.84. The second kappa shape index (κ2) is 2.05. The first-order valence-corrected chi connectivity index (χ1v) is 2.72. The first-order chi connectivity index (χ1) is 3.80. The number of aromatic nitrogens is 2. The molecule has 1 rings (SSSR count). The largest absolute Gasteiger partial charge is 0.344 e. The smallest absolute Gasteiger partial charge is 0.143 e. The lowest BCUT2D eigenvalue weighted by atomic mass is 10.5. The van der Waals surface area contributed by atoms with Crippen LogP contribution in [-0.2, 0) is 0 Å². The first-order valence-electron chi connectivity index (χ1n) is 2.31. The second-order valence-corrected chi connectivity index (χ2v) is 2.11. The summed E-state index contributed by atoms with van der Waals surface area (Å²) in [5, 5.41) is 0. The van der Waals surface area contributed by atoms with Gasteiger partial charge in [-0.3, -0.25) is 0 Å². The van der Waals surface area contributed by atoms with Crippen LogP contribution in [0, 0.1) is 0 Å². The van der Waals surface area contributed by atoms with Crippen LogP contribution in [0.5, 0.6) is 0 Å². The van der Waals surface area contributed by atoms with Gasteiger partial charge < -0.3 is 4.98 Å². The molecule has 0 bridgehead atoms. The molecule has 0 aliphatic rings. The maximum atomic E-state index is 4.82. The van der Waals surface area contributed by atoms with E-state index in [4.69, 9.17) is 12.2 Å². The van der Waals surface area contributed by atoms with Crippen molar-refractivity contribution < 1.29 is 0 Å². The number of hydrogen-bond acceptors (Lipinski definition) is 2. The number of thiocarbonyl (C=S) groups is 1. The highest BCUT2D eigenvalue weighted by Crippen LogP contribution is 1.89. The Labute approximate surface area is 52.9 Å². The third-order valence-corrected chi connectivity index (χ3v) is 1.03. The van der Waals surface area contributed by atoms with Crippen LogP contribution in [0.15, 0.2) is 12.4 Å². The number of nitrogens with zero attached hydrogens (tertiary/aromatic N) is 1. The average molecular weight is 126 g/mol. The number of imidazole rings is 1. The van der Waals surface area contributed by atoms with E-state index in [0.717, 1.165) is 10.7 Å². The Morgan fingerprint density at radius 2 is 2.62 bits per heavy atom. The van der Waals surface area contributed by atoms with Crippen molar-refractivity contribution in [1.82, 2.24) is 9.97 Å². The zero-order valence-electron chi connectivity index (χ0n) is 4.51. The summed E-state index contributed by atoms with van der Waals surface area (Å²) in [6, 6.07) is 0. The van der Waals surface area contributed by atoms with Crippen LogP contribution in [0.4, 0.5) is 0 Å². The van der Waals surface area contributed by atoms with Crippen molar-refractivity contribution in [3.63, 3.8) is 0 Å². The topological polar surface area (TPSA) is 28.7 Å². The molecule has 3 heteroatoms. The van der Waals surface area contributed by atoms with Crippen LogP contribution in [0.25, 0.3) is 0 Å². The van der Waals surface area contributed by atoms with Crippen molar-refractivity contribution in [2.24, 2.45) is 0 Å². The molecule has 0 spiro atoms. The summed E-state index contributed by atoms with van der Waals surface area (Å²) in [5.41, 5.74) is 0. The van der Waals surface area contributed by atoms with E-state index in [1.807, 2.05) is 6.92 Å². The van der Waals surface area contributed by atoms with E-state index in [1.165, 1.54) is 0 Å². The Hall–Kier alpha value is -0.700. The minimum absolute atomic E-state index is 0.792. The molecule has 0 saturated carbocycles. The third kappa shape index (κ3) is 0.924. The molecule has 1 N–H and O–H groups in total. The lowest BCUT2D eigenvalue weighted by molar-refractivity contribution is 1.27. The van der Waals surface area contributed by atoms with Crippen LogP contribution >= 0.6 is 12.2 Å². The summed E-state index contributed by atoms with van der Waals surface area (Å²) < 4.78 is 0. The predicted molar refractivity (Wildman–Crippen MR) is 36.0 cm³/mol. The van der Waals surface area contributed by atoms with Crippen LogP contribution in [0.1, 0.15) is 12.7 Å². The summed E-state index contributed by atoms with van der Waals surface area (Å²) in [6.07, 6.45) is 3.44. The highest BCUT2D eigenvalue weighted by molar-refractivity contribution is 7.80. The number of H-pyrrole nitrogens is 1. The van der Waals surface area contributed by atoms with Gasteiger partial charge in [0.15, 0.2) is 0 Å². The molecule has 1 aromatic rings. The Balaban J connectivity index is 2.93. The monoisotopic (exact) mass is 126 g/mol. The van der Waals surface area contributed by atoms with Gasteiger partial charge in [0.1, 0.15) is 5.82 Å². The van der Waals surface area contributed by atoms with Gasteiger partial charge in [0.2, 0.25) is 0 Å². The van der Waals surface area contributed by atoms with Gasteiger partial charge in [-0.15, -0.1) is 0 Å². The first kappa shape index (κ1) is 5.44. The van der Waals surface area contributed by atoms with E-state index in [9.17, 15) is 0 Å². The Morgan fingerprint density at radius 3 is 2.88 bits per heavy atom. The van der Waals surface area contributed by atoms with Crippen molar-refractivity contribution in [3.05, 3.63) is 18.2 Å². The normalized spacial score (nSPS) is 9.12. The number of hydrogen-bond donors (Lipinski definition) is 1. The van der Waals surface area contributed by atoms with Crippen molar-refractivity contribution in [2.75, 3.05) is 0 Å². The van der Waals surface area contributed by atoms with Gasteiger partial charge >= 0.3 is 0 Å². The second-order valence-electron chi connectivity index (χ2n) is 1.49. The maximum absolute atomic E-state index is 4.82. The predicted octanol–water partition coefficient (Wildman–Crippen LogP) is 1.15. The zero-order valence-corrected chi connectivity index (χ0v) is 5.33. The van der Waals surface area contributed by atoms with Crippen LogP contribution in [0.3, 0.4) is 0 Å². The fraction of sp³-hybridized carbons (Fsp3) is 0.200. The lowest BCUT2D eigenvalue weighted by Crippen LogP contribution is -1.91. The minimum atomic E-state index is 0.792. The van der Waals surface area contributed by atoms with Gasteiger partial charge in [0, 0.05) is 12.4 Å². The molecule has 0 unspecified atom stereocenters. The standard InChI is InChI=1S/C5H6N2S/c1-4(8)5-6-2-3-7-5/h2-3H,1H3,(H,6,7). The Kier molecular flexibility index (Phi) is 1.39. The van der Waals surface area contributed by atoms with Gasteiger partial charge in [-0.2, -0.15) is 0 Å². The quantitative estimate of drug-likeness (QED) is 0.451. The number of nitrogens with one attached hydrogen (secondary N) is 1. The van der Waals surface area contributed by atoms with Gasteiger partial charge in [0.25, 0.3) is 0 Å². The Morgan fingerprint density at radius 1 is 1.88 bits per heavy atom. The molecule has 0 fully saturated rings. The van der Waals surface area contributed by atoms with Gasteiger partial charge in [-0.25, -0.2) is 4.98 Å². The molecule has 0 atom stereocenters. The lowest BCUT2D eigenvalue weighted by Gasteiger charge is -1.84. The van der Waals surface area contributed by atoms with E-state index < -0.39 is 0 Å². The summed E-state index contributed by atoms with van der Waals surface area (Å²) >= 11 is 4.82. The van der Waals surface area contributed by atoms with Crippen molar-refractivity contribution >= 4 is 17.1 Å². The summed E-state index contributed by atoms with van der Waals surface area (Å²) in [7, 11) is 0. The number of rotatable bonds is 1. The molecule has 0 aliphatic heterocycles. The van der Waals surface area contributed by atoms with Gasteiger partial charge in [0.05, 0.1) is 4.86 Å². The highest BCUT2D eigenvalue weighted by Gasteiger charge is 1.91. The van der Waals surface area contributed by atoms with Crippen LogP contribution < -0.4 is 0 Å². The van der Waals surface area contributed by atoms with Crippen molar-refractivity contribution in [2.45, 2.75) is 6.92 Å². The van der Waals surface area contributed by atoms with Crippen LogP contribution in [-0.4, -0.2) is 14.8 Å². The maximum Gasteiger partial charge on any atom is 0.143 e. The summed E-state index contributed by atoms with van der Waals surface area (Å²) in [4.78, 5) is 7.60. The van der Waals surface area contributed by atoms with Crippen LogP contribution in [0.2, 0.25) is 0 Å². The molecule has 1 heterocycles. The molecule has 42 valence electrons. The van der Waals surface area contributed by atoms with E-state index in [-0.39, 0.29) is 0 Å². The van der Waals surface area contributed by atoms with Crippen molar-refractivity contribution in [1.29, 1.82) is 0 Å². The van der Waals surface area contributed by atoms with E-state index >= 15 is 0 Å². The molecule has 0 amide bonds. The SMILES string of the molecule is CC(=S)c1ncc[nH]1. The molecule has 0 radical (unpaired) electrons.